The molecular weight excluding hydrogens is 489 g/mol. The molecule has 3 heterocycles. The Morgan fingerprint density at radius 3 is 2.74 bits per heavy atom. The fourth-order valence-electron chi connectivity index (χ4n) is 3.21. The SMILES string of the molecule is CCc1nc(CN2CCC(CNC(=NC)NCc3cccs3)CC2)cs1.I. The molecule has 0 aromatic carbocycles. The number of thiazole rings is 1. The highest BCUT2D eigenvalue weighted by Crippen LogP contribution is 2.19. The predicted octanol–water partition coefficient (Wildman–Crippen LogP) is 3.96. The number of aryl methyl sites for hydroxylation is 1. The van der Waals surface area contributed by atoms with Crippen LogP contribution in [0, 0.1) is 5.92 Å². The minimum Gasteiger partial charge on any atom is -0.356 e. The lowest BCUT2D eigenvalue weighted by Crippen LogP contribution is -2.42. The number of nitrogens with zero attached hydrogens (tertiary/aromatic N) is 3. The van der Waals surface area contributed by atoms with Crippen LogP contribution in [0.5, 0.6) is 0 Å². The van der Waals surface area contributed by atoms with E-state index in [0.717, 1.165) is 45.1 Å². The molecular formula is C19H30IN5S2. The van der Waals surface area contributed by atoms with E-state index in [4.69, 9.17) is 4.98 Å². The van der Waals surface area contributed by atoms with Crippen molar-refractivity contribution in [3.63, 3.8) is 0 Å². The maximum absolute atomic E-state index is 4.70. The van der Waals surface area contributed by atoms with E-state index in [-0.39, 0.29) is 24.0 Å². The van der Waals surface area contributed by atoms with Gasteiger partial charge in [-0.05, 0) is 49.7 Å². The van der Waals surface area contributed by atoms with Crippen LogP contribution in [0.1, 0.15) is 35.3 Å². The molecule has 8 heteroatoms. The van der Waals surface area contributed by atoms with Gasteiger partial charge in [0.1, 0.15) is 0 Å². The summed E-state index contributed by atoms with van der Waals surface area (Å²) in [4.78, 5) is 12.9. The molecule has 0 saturated carbocycles. The van der Waals surface area contributed by atoms with Crippen molar-refractivity contribution in [1.82, 2.24) is 20.5 Å². The summed E-state index contributed by atoms with van der Waals surface area (Å²) >= 11 is 3.56. The molecule has 0 amide bonds. The largest absolute Gasteiger partial charge is 0.356 e. The standard InChI is InChI=1S/C19H29N5S2.HI/c1-3-18-23-16(14-26-18)13-24-8-6-15(7-9-24)11-21-19(20-2)22-12-17-5-4-10-25-17;/h4-5,10,14-15H,3,6-9,11-13H2,1-2H3,(H2,20,21,22);1H. The maximum Gasteiger partial charge on any atom is 0.191 e. The lowest BCUT2D eigenvalue weighted by Gasteiger charge is -2.31. The van der Waals surface area contributed by atoms with Crippen LogP contribution in [0.3, 0.4) is 0 Å². The second-order valence-corrected chi connectivity index (χ2v) is 8.67. The summed E-state index contributed by atoms with van der Waals surface area (Å²) in [5.74, 6) is 1.61. The van der Waals surface area contributed by atoms with Crippen molar-refractivity contribution < 1.29 is 0 Å². The topological polar surface area (TPSA) is 52.6 Å². The van der Waals surface area contributed by atoms with Gasteiger partial charge in [-0.1, -0.05) is 13.0 Å². The molecule has 2 aromatic rings. The first-order valence-electron chi connectivity index (χ1n) is 9.39. The van der Waals surface area contributed by atoms with Crippen LogP contribution in [0.25, 0.3) is 0 Å². The van der Waals surface area contributed by atoms with E-state index in [1.54, 1.807) is 22.7 Å². The van der Waals surface area contributed by atoms with Gasteiger partial charge < -0.3 is 10.6 Å². The number of aromatic nitrogens is 1. The minimum absolute atomic E-state index is 0. The van der Waals surface area contributed by atoms with Gasteiger partial charge in [0.05, 0.1) is 17.2 Å². The Kier molecular flexibility index (Phi) is 10.0. The van der Waals surface area contributed by atoms with Crippen molar-refractivity contribution in [2.45, 2.75) is 39.3 Å². The summed E-state index contributed by atoms with van der Waals surface area (Å²) in [6.07, 6.45) is 3.51. The third kappa shape index (κ3) is 7.32. The minimum atomic E-state index is 0. The van der Waals surface area contributed by atoms with Gasteiger partial charge in [0, 0.05) is 30.4 Å². The van der Waals surface area contributed by atoms with Crippen molar-refractivity contribution in [3.05, 3.63) is 38.5 Å². The number of halogens is 1. The van der Waals surface area contributed by atoms with Crippen molar-refractivity contribution in [1.29, 1.82) is 0 Å². The average Bonchev–Trinajstić information content (AvgIpc) is 3.35. The van der Waals surface area contributed by atoms with Crippen LogP contribution in [0.2, 0.25) is 0 Å². The highest BCUT2D eigenvalue weighted by Gasteiger charge is 2.20. The normalized spacial score (nSPS) is 16.1. The number of nitrogens with one attached hydrogen (secondary N) is 2. The van der Waals surface area contributed by atoms with Gasteiger partial charge in [-0.15, -0.1) is 46.7 Å². The van der Waals surface area contributed by atoms with Gasteiger partial charge in [-0.3, -0.25) is 9.89 Å². The van der Waals surface area contributed by atoms with Gasteiger partial charge >= 0.3 is 0 Å². The Balaban J connectivity index is 0.00000261. The molecule has 1 aliphatic heterocycles. The number of thiophene rings is 1. The summed E-state index contributed by atoms with van der Waals surface area (Å²) in [6, 6.07) is 4.23. The molecule has 5 nitrogen and oxygen atoms in total. The lowest BCUT2D eigenvalue weighted by atomic mass is 9.97. The van der Waals surface area contributed by atoms with E-state index >= 15 is 0 Å². The zero-order valence-corrected chi connectivity index (χ0v) is 20.1. The molecule has 0 atom stereocenters. The smallest absolute Gasteiger partial charge is 0.191 e. The van der Waals surface area contributed by atoms with E-state index in [2.05, 4.69) is 50.3 Å². The fraction of sp³-hybridized carbons (Fsp3) is 0.579. The molecule has 0 unspecified atom stereocenters. The highest BCUT2D eigenvalue weighted by molar-refractivity contribution is 14.0. The zero-order valence-electron chi connectivity index (χ0n) is 16.1. The first kappa shape index (κ1) is 22.6. The molecule has 0 spiro atoms. The number of rotatable bonds is 7. The number of hydrogen-bond donors (Lipinski definition) is 2. The Morgan fingerprint density at radius 1 is 1.30 bits per heavy atom. The van der Waals surface area contributed by atoms with E-state index in [1.165, 1.54) is 28.4 Å². The van der Waals surface area contributed by atoms with Crippen LogP contribution in [-0.2, 0) is 19.5 Å². The third-order valence-electron chi connectivity index (χ3n) is 4.79. The van der Waals surface area contributed by atoms with E-state index in [0.29, 0.717) is 5.92 Å². The Labute approximate surface area is 187 Å². The van der Waals surface area contributed by atoms with Gasteiger partial charge in [0.15, 0.2) is 5.96 Å². The number of aliphatic imine (C=N–C) groups is 1. The molecule has 2 N–H and O–H groups in total. The summed E-state index contributed by atoms with van der Waals surface area (Å²) in [7, 11) is 1.84. The van der Waals surface area contributed by atoms with Gasteiger partial charge in [0.2, 0.25) is 0 Å². The first-order valence-corrected chi connectivity index (χ1v) is 11.1. The molecule has 0 aliphatic carbocycles. The predicted molar refractivity (Wildman–Crippen MR) is 127 cm³/mol. The monoisotopic (exact) mass is 519 g/mol. The second kappa shape index (κ2) is 12.0. The Morgan fingerprint density at radius 2 is 2.11 bits per heavy atom. The van der Waals surface area contributed by atoms with Crippen LogP contribution in [0.4, 0.5) is 0 Å². The van der Waals surface area contributed by atoms with Crippen molar-refractivity contribution in [3.8, 4) is 0 Å². The fourth-order valence-corrected chi connectivity index (χ4v) is 4.59. The number of guanidine groups is 1. The van der Waals surface area contributed by atoms with E-state index in [1.807, 2.05) is 7.05 Å². The molecule has 2 aromatic heterocycles. The van der Waals surface area contributed by atoms with Crippen molar-refractivity contribution >= 4 is 52.6 Å². The molecule has 1 aliphatic rings. The number of likely N-dealkylation sites (tertiary alicyclic amines) is 1. The number of hydrogen-bond acceptors (Lipinski definition) is 5. The van der Waals surface area contributed by atoms with Gasteiger partial charge in [-0.2, -0.15) is 0 Å². The lowest BCUT2D eigenvalue weighted by molar-refractivity contribution is 0.176. The summed E-state index contributed by atoms with van der Waals surface area (Å²) in [5.41, 5.74) is 1.24. The molecule has 3 rings (SSSR count). The van der Waals surface area contributed by atoms with Crippen LogP contribution < -0.4 is 10.6 Å². The molecule has 0 radical (unpaired) electrons. The zero-order chi connectivity index (χ0) is 18.2. The third-order valence-corrected chi connectivity index (χ3v) is 6.70. The molecule has 1 saturated heterocycles. The van der Waals surface area contributed by atoms with Crippen molar-refractivity contribution in [2.75, 3.05) is 26.7 Å². The van der Waals surface area contributed by atoms with E-state index in [9.17, 15) is 0 Å². The average molecular weight is 520 g/mol. The molecule has 27 heavy (non-hydrogen) atoms. The Bertz CT molecular complexity index is 678. The molecule has 150 valence electrons. The molecule has 0 bridgehead atoms. The molecule has 1 fully saturated rings. The van der Waals surface area contributed by atoms with Crippen LogP contribution >= 0.6 is 46.7 Å². The van der Waals surface area contributed by atoms with Crippen LogP contribution in [-0.4, -0.2) is 42.5 Å². The quantitative estimate of drug-likeness (QED) is 0.331. The maximum atomic E-state index is 4.70. The van der Waals surface area contributed by atoms with Gasteiger partial charge in [0.25, 0.3) is 0 Å². The summed E-state index contributed by atoms with van der Waals surface area (Å²) in [6.45, 7) is 7.32. The Hall–Kier alpha value is -0.710. The highest BCUT2D eigenvalue weighted by atomic mass is 127. The summed E-state index contributed by atoms with van der Waals surface area (Å²) < 4.78 is 0. The van der Waals surface area contributed by atoms with E-state index < -0.39 is 0 Å². The second-order valence-electron chi connectivity index (χ2n) is 6.69. The number of piperidine rings is 1. The van der Waals surface area contributed by atoms with Crippen LogP contribution in [0.15, 0.2) is 27.9 Å². The van der Waals surface area contributed by atoms with Gasteiger partial charge in [-0.25, -0.2) is 4.98 Å². The summed E-state index contributed by atoms with van der Waals surface area (Å²) in [5, 5.41) is 12.5. The first-order chi connectivity index (χ1) is 12.8. The van der Waals surface area contributed by atoms with Crippen molar-refractivity contribution in [2.24, 2.45) is 10.9 Å².